The molecule has 16 heteroatoms. The Hall–Kier alpha value is -4.89. The third-order valence-corrected chi connectivity index (χ3v) is 8.80. The summed E-state index contributed by atoms with van der Waals surface area (Å²) in [5.74, 6) is 0.122. The molecule has 280 valence electrons. The third kappa shape index (κ3) is 10.1. The fraction of sp³-hybridized carbons (Fsp3) is 0.361. The summed E-state index contributed by atoms with van der Waals surface area (Å²) in [5, 5.41) is 12.9. The van der Waals surface area contributed by atoms with E-state index in [0.717, 1.165) is 57.3 Å². The van der Waals surface area contributed by atoms with E-state index in [-0.39, 0.29) is 48.7 Å². The predicted octanol–water partition coefficient (Wildman–Crippen LogP) is 4.92. The van der Waals surface area contributed by atoms with Crippen LogP contribution in [-0.4, -0.2) is 104 Å². The first-order chi connectivity index (χ1) is 24.1. The fourth-order valence-electron chi connectivity index (χ4n) is 5.96. The number of nitrogens with zero attached hydrogens (tertiary/aromatic N) is 4. The minimum atomic E-state index is -0.437. The summed E-state index contributed by atoms with van der Waals surface area (Å²) in [6.45, 7) is 6.16. The number of para-hydroxylation sites is 1. The molecule has 1 unspecified atom stereocenters. The number of amides is 2. The lowest BCUT2D eigenvalue weighted by molar-refractivity contribution is -0.113. The molecule has 1 atom stereocenters. The zero-order valence-corrected chi connectivity index (χ0v) is 31.4. The molecule has 0 aliphatic carbocycles. The quantitative estimate of drug-likeness (QED) is 0.0513. The van der Waals surface area contributed by atoms with Crippen molar-refractivity contribution in [3.63, 3.8) is 0 Å². The molecule has 2 heterocycles. The number of hydrogen-bond donors (Lipinski definition) is 5. The number of rotatable bonds is 14. The number of aromatic amines is 1. The molecule has 2 amide bonds. The van der Waals surface area contributed by atoms with E-state index in [0.29, 0.717) is 51.6 Å². The molecule has 0 radical (unpaired) electrons. The highest BCUT2D eigenvalue weighted by atomic mass is 35.5. The Bertz CT molecular complexity index is 1860. The van der Waals surface area contributed by atoms with Gasteiger partial charge in [-0.25, -0.2) is 4.98 Å². The van der Waals surface area contributed by atoms with E-state index in [1.54, 1.807) is 43.4 Å². The molecule has 3 aromatic carbocycles. The fourth-order valence-corrected chi connectivity index (χ4v) is 5.96. The van der Waals surface area contributed by atoms with E-state index < -0.39 is 5.91 Å². The van der Waals surface area contributed by atoms with Crippen LogP contribution in [-0.2, 0) is 4.79 Å². The lowest BCUT2D eigenvalue weighted by atomic mass is 10.1. The molecule has 1 saturated heterocycles. The van der Waals surface area contributed by atoms with E-state index in [1.807, 2.05) is 25.1 Å². The number of aryl methyl sites for hydroxylation is 1. The Labute approximate surface area is 315 Å². The van der Waals surface area contributed by atoms with Gasteiger partial charge in [-0.3, -0.25) is 25.2 Å². The molecular formula is C36H47Cl2N9O5. The van der Waals surface area contributed by atoms with Crippen molar-refractivity contribution in [2.75, 3.05) is 69.5 Å². The summed E-state index contributed by atoms with van der Waals surface area (Å²) in [6.07, 6.45) is 3.47. The molecule has 14 nitrogen and oxygen atoms in total. The number of nitrogens with two attached hydrogens (primary N) is 1. The molecule has 0 saturated carbocycles. The van der Waals surface area contributed by atoms with Gasteiger partial charge in [0.25, 0.3) is 11.8 Å². The first kappa shape index (κ1) is 41.5. The largest absolute Gasteiger partial charge is 0.495 e. The van der Waals surface area contributed by atoms with E-state index in [4.69, 9.17) is 20.6 Å². The smallest absolute Gasteiger partial charge is 0.258 e. The van der Waals surface area contributed by atoms with Crippen LogP contribution in [0.3, 0.4) is 0 Å². The minimum absolute atomic E-state index is 0. The highest BCUT2D eigenvalue weighted by Crippen LogP contribution is 2.32. The van der Waals surface area contributed by atoms with Gasteiger partial charge in [-0.15, -0.1) is 24.8 Å². The summed E-state index contributed by atoms with van der Waals surface area (Å²) >= 11 is 0. The van der Waals surface area contributed by atoms with E-state index in [9.17, 15) is 14.4 Å². The van der Waals surface area contributed by atoms with Crippen molar-refractivity contribution < 1.29 is 23.9 Å². The van der Waals surface area contributed by atoms with Crippen molar-refractivity contribution in [2.45, 2.75) is 32.2 Å². The molecule has 1 aliphatic rings. The Balaban J connectivity index is 0.00000364. The second kappa shape index (κ2) is 19.1. The Kier molecular flexibility index (Phi) is 15.2. The van der Waals surface area contributed by atoms with Gasteiger partial charge >= 0.3 is 0 Å². The number of aldehydes is 1. The number of H-pyrrole nitrogens is 1. The SMILES string of the molecule is COc1cc(C(=O)N(C)c2ccc(C)cc2OCCCCC(C=O)N2CCN(C)CC2)ccc1NC(=O)c1cccc2[nH]c(NC(=N)N)nc12.Cl.Cl. The number of imidazole rings is 1. The molecule has 5 rings (SSSR count). The van der Waals surface area contributed by atoms with E-state index in [1.165, 1.54) is 12.0 Å². The summed E-state index contributed by atoms with van der Waals surface area (Å²) in [4.78, 5) is 52.3. The summed E-state index contributed by atoms with van der Waals surface area (Å²) in [6, 6.07) is 15.5. The van der Waals surface area contributed by atoms with Crippen LogP contribution in [0, 0.1) is 12.3 Å². The topological polar surface area (TPSA) is 182 Å². The van der Waals surface area contributed by atoms with Crippen LogP contribution in [0.25, 0.3) is 11.0 Å². The number of nitrogens with one attached hydrogen (secondary N) is 4. The van der Waals surface area contributed by atoms with E-state index >= 15 is 0 Å². The number of guanidine groups is 1. The molecule has 1 fully saturated rings. The second-order valence-electron chi connectivity index (χ2n) is 12.4. The molecule has 6 N–H and O–H groups in total. The molecule has 4 aromatic rings. The second-order valence-corrected chi connectivity index (χ2v) is 12.4. The van der Waals surface area contributed by atoms with Gasteiger partial charge in [0.1, 0.15) is 23.3 Å². The highest BCUT2D eigenvalue weighted by Gasteiger charge is 2.23. The first-order valence-electron chi connectivity index (χ1n) is 16.6. The number of methoxy groups -OCH3 is 1. The van der Waals surface area contributed by atoms with Gasteiger partial charge in [0, 0.05) is 38.8 Å². The highest BCUT2D eigenvalue weighted by molar-refractivity contribution is 6.13. The first-order valence-corrected chi connectivity index (χ1v) is 16.6. The Morgan fingerprint density at radius 3 is 2.50 bits per heavy atom. The number of fused-ring (bicyclic) bond motifs is 1. The molecule has 0 spiro atoms. The van der Waals surface area contributed by atoms with Crippen LogP contribution in [0.2, 0.25) is 0 Å². The zero-order chi connectivity index (χ0) is 35.8. The van der Waals surface area contributed by atoms with Crippen LogP contribution in [0.5, 0.6) is 11.5 Å². The van der Waals surface area contributed by atoms with Crippen molar-refractivity contribution in [1.82, 2.24) is 19.8 Å². The number of hydrogen-bond acceptors (Lipinski definition) is 9. The number of unbranched alkanes of at least 4 members (excludes halogenated alkanes) is 1. The summed E-state index contributed by atoms with van der Waals surface area (Å²) in [7, 11) is 5.25. The van der Waals surface area contributed by atoms with Crippen LogP contribution in [0.4, 0.5) is 17.3 Å². The number of carbonyl (C=O) groups excluding carboxylic acids is 3. The Morgan fingerprint density at radius 1 is 1.06 bits per heavy atom. The number of piperazine rings is 1. The number of aromatic nitrogens is 2. The number of halogens is 2. The normalized spacial score (nSPS) is 13.6. The third-order valence-electron chi connectivity index (χ3n) is 8.80. The van der Waals surface area contributed by atoms with Crippen molar-refractivity contribution in [3.05, 3.63) is 71.3 Å². The predicted molar refractivity (Wildman–Crippen MR) is 209 cm³/mol. The van der Waals surface area contributed by atoms with Gasteiger partial charge in [0.15, 0.2) is 5.96 Å². The maximum atomic E-state index is 13.7. The van der Waals surface area contributed by atoms with Gasteiger partial charge in [0.05, 0.1) is 42.2 Å². The van der Waals surface area contributed by atoms with Crippen LogP contribution in [0.1, 0.15) is 45.5 Å². The van der Waals surface area contributed by atoms with Gasteiger partial charge in [-0.2, -0.15) is 0 Å². The summed E-state index contributed by atoms with van der Waals surface area (Å²) in [5.41, 5.74) is 9.03. The van der Waals surface area contributed by atoms with Crippen molar-refractivity contribution in [2.24, 2.45) is 5.73 Å². The van der Waals surface area contributed by atoms with Crippen molar-refractivity contribution >= 4 is 77.2 Å². The molecular weight excluding hydrogens is 709 g/mol. The maximum Gasteiger partial charge on any atom is 0.258 e. The van der Waals surface area contributed by atoms with Crippen LogP contribution in [0.15, 0.2) is 54.6 Å². The molecule has 1 aromatic heterocycles. The van der Waals surface area contributed by atoms with Crippen molar-refractivity contribution in [3.8, 4) is 11.5 Å². The minimum Gasteiger partial charge on any atom is -0.495 e. The lowest BCUT2D eigenvalue weighted by Crippen LogP contribution is -2.49. The zero-order valence-electron chi connectivity index (χ0n) is 29.7. The van der Waals surface area contributed by atoms with E-state index in [2.05, 4.69) is 37.4 Å². The van der Waals surface area contributed by atoms with Crippen LogP contribution >= 0.6 is 24.8 Å². The van der Waals surface area contributed by atoms with Gasteiger partial charge in [-0.05, 0) is 81.3 Å². The van der Waals surface area contributed by atoms with Gasteiger partial charge in [-0.1, -0.05) is 12.1 Å². The maximum absolute atomic E-state index is 13.7. The number of likely N-dealkylation sites (N-methyl/N-ethyl adjacent to an activating group) is 1. The monoisotopic (exact) mass is 755 g/mol. The van der Waals surface area contributed by atoms with Gasteiger partial charge < -0.3 is 40.1 Å². The number of ether oxygens (including phenoxy) is 2. The van der Waals surface area contributed by atoms with Gasteiger partial charge in [0.2, 0.25) is 5.95 Å². The Morgan fingerprint density at radius 2 is 1.81 bits per heavy atom. The average molecular weight is 757 g/mol. The number of anilines is 3. The summed E-state index contributed by atoms with van der Waals surface area (Å²) < 4.78 is 11.8. The molecule has 0 bridgehead atoms. The molecule has 52 heavy (non-hydrogen) atoms. The standard InChI is InChI=1S/C36H45N9O5.2ClH/c1-23-11-14-29(31(20-23)50-19-6-5-8-25(22-46)45-17-15-43(2)16-18-45)44(3)34(48)24-12-13-27(30(21-24)49-4)39-33(47)26-9-7-10-28-32(26)41-36(40-28)42-35(37)38;;/h7,9-14,20-22,25H,5-6,8,15-19H2,1-4H3,(H,39,47)(H5,37,38,40,41,42);2*1H. The van der Waals surface area contributed by atoms with Crippen LogP contribution < -0.4 is 30.7 Å². The average Bonchev–Trinajstić information content (AvgIpc) is 3.52. The molecule has 1 aliphatic heterocycles. The lowest BCUT2D eigenvalue weighted by Gasteiger charge is -2.35. The van der Waals surface area contributed by atoms with Crippen molar-refractivity contribution in [1.29, 1.82) is 5.41 Å². The number of benzene rings is 3. The number of carbonyl (C=O) groups is 3.